The van der Waals surface area contributed by atoms with Crippen LogP contribution in [0, 0.1) is 46.2 Å². The normalized spacial score (nSPS) is 42.1. The topological polar surface area (TPSA) is 77.2 Å². The molecule has 1 N–H and O–H groups in total. The number of methoxy groups -OCH3 is 1. The lowest BCUT2D eigenvalue weighted by Gasteiger charge is -2.62. The third kappa shape index (κ3) is 3.59. The Labute approximate surface area is 213 Å². The summed E-state index contributed by atoms with van der Waals surface area (Å²) in [4.78, 5) is 13.7. The van der Waals surface area contributed by atoms with E-state index >= 15 is 0 Å². The van der Waals surface area contributed by atoms with E-state index in [9.17, 15) is 14.3 Å². The summed E-state index contributed by atoms with van der Waals surface area (Å²) >= 11 is 0. The highest BCUT2D eigenvalue weighted by Crippen LogP contribution is 2.68. The number of ether oxygens (including phenoxy) is 1. The Hall–Kier alpha value is -1.86. The minimum atomic E-state index is -0.558. The van der Waals surface area contributed by atoms with Gasteiger partial charge in [0.15, 0.2) is 11.6 Å². The van der Waals surface area contributed by atoms with Crippen LogP contribution in [0.5, 0.6) is 0 Å². The SMILES string of the molecule is COCC12CCC(C)(O)CC1CCC1C3CCC(C(=O)Cn4nnc5c(F)cccc54)C3(C)CCC12. The van der Waals surface area contributed by atoms with Crippen molar-refractivity contribution in [3.8, 4) is 0 Å². The van der Waals surface area contributed by atoms with Gasteiger partial charge in [-0.25, -0.2) is 9.07 Å². The number of benzene rings is 1. The summed E-state index contributed by atoms with van der Waals surface area (Å²) in [5, 5.41) is 19.0. The molecule has 8 unspecified atom stereocenters. The van der Waals surface area contributed by atoms with Crippen molar-refractivity contribution in [2.75, 3.05) is 13.7 Å². The van der Waals surface area contributed by atoms with Gasteiger partial charge < -0.3 is 9.84 Å². The highest BCUT2D eigenvalue weighted by atomic mass is 19.1. The minimum absolute atomic E-state index is 0.00113. The average molecular weight is 498 g/mol. The predicted molar refractivity (Wildman–Crippen MR) is 135 cm³/mol. The van der Waals surface area contributed by atoms with E-state index in [1.165, 1.54) is 12.5 Å². The van der Waals surface area contributed by atoms with Gasteiger partial charge in [0.05, 0.1) is 17.7 Å². The van der Waals surface area contributed by atoms with Gasteiger partial charge >= 0.3 is 0 Å². The van der Waals surface area contributed by atoms with E-state index in [1.807, 2.05) is 14.0 Å². The molecule has 1 aromatic carbocycles. The van der Waals surface area contributed by atoms with Crippen LogP contribution in [0.4, 0.5) is 4.39 Å². The molecule has 0 aliphatic heterocycles. The number of Topliss-reactive ketones (excluding diaryl/α,β-unsaturated/α-hetero) is 1. The third-order valence-electron chi connectivity index (χ3n) is 11.3. The minimum Gasteiger partial charge on any atom is -0.390 e. The van der Waals surface area contributed by atoms with Gasteiger partial charge in [0, 0.05) is 13.0 Å². The van der Waals surface area contributed by atoms with Crippen molar-refractivity contribution in [2.45, 2.75) is 83.8 Å². The van der Waals surface area contributed by atoms with Gasteiger partial charge in [0.25, 0.3) is 0 Å². The van der Waals surface area contributed by atoms with E-state index in [4.69, 9.17) is 4.74 Å². The highest BCUT2D eigenvalue weighted by Gasteiger charge is 2.63. The monoisotopic (exact) mass is 497 g/mol. The Morgan fingerprint density at radius 3 is 2.78 bits per heavy atom. The summed E-state index contributed by atoms with van der Waals surface area (Å²) in [6.45, 7) is 5.32. The van der Waals surface area contributed by atoms with Crippen molar-refractivity contribution in [1.82, 2.24) is 15.0 Å². The average Bonchev–Trinajstić information content (AvgIpc) is 3.41. The molecule has 0 radical (unpaired) electrons. The van der Waals surface area contributed by atoms with Crippen LogP contribution in [0.15, 0.2) is 18.2 Å². The maximum absolute atomic E-state index is 14.1. The molecule has 1 aromatic heterocycles. The number of hydrogen-bond acceptors (Lipinski definition) is 5. The molecule has 0 spiro atoms. The van der Waals surface area contributed by atoms with Crippen LogP contribution in [-0.2, 0) is 16.1 Å². The van der Waals surface area contributed by atoms with Gasteiger partial charge in [-0.1, -0.05) is 18.2 Å². The first-order chi connectivity index (χ1) is 17.2. The van der Waals surface area contributed by atoms with Crippen LogP contribution in [0.1, 0.15) is 71.6 Å². The fourth-order valence-corrected chi connectivity index (χ4v) is 9.64. The van der Waals surface area contributed by atoms with Crippen molar-refractivity contribution in [3.63, 3.8) is 0 Å². The number of carbonyl (C=O) groups is 1. The maximum Gasteiger partial charge on any atom is 0.157 e. The fraction of sp³-hybridized carbons (Fsp3) is 0.759. The second-order valence-corrected chi connectivity index (χ2v) is 13.0. The molecular formula is C29H40FN3O3. The smallest absolute Gasteiger partial charge is 0.157 e. The van der Waals surface area contributed by atoms with Crippen LogP contribution in [0.2, 0.25) is 0 Å². The number of aromatic nitrogens is 3. The molecule has 0 bridgehead atoms. The third-order valence-corrected chi connectivity index (χ3v) is 11.3. The quantitative estimate of drug-likeness (QED) is 0.616. The zero-order valence-corrected chi connectivity index (χ0v) is 21.9. The Morgan fingerprint density at radius 2 is 1.97 bits per heavy atom. The van der Waals surface area contributed by atoms with E-state index in [-0.39, 0.29) is 34.6 Å². The molecular weight excluding hydrogens is 457 g/mol. The Kier molecular flexibility index (Phi) is 5.84. The second kappa shape index (κ2) is 8.59. The van der Waals surface area contributed by atoms with Crippen LogP contribution >= 0.6 is 0 Å². The van der Waals surface area contributed by atoms with Crippen LogP contribution in [0.25, 0.3) is 11.0 Å². The van der Waals surface area contributed by atoms with Gasteiger partial charge in [-0.15, -0.1) is 5.10 Å². The van der Waals surface area contributed by atoms with Crippen molar-refractivity contribution in [3.05, 3.63) is 24.0 Å². The number of halogens is 1. The summed E-state index contributed by atoms with van der Waals surface area (Å²) in [6, 6.07) is 4.81. The summed E-state index contributed by atoms with van der Waals surface area (Å²) in [6.07, 6.45) is 9.37. The van der Waals surface area contributed by atoms with E-state index < -0.39 is 11.4 Å². The lowest BCUT2D eigenvalue weighted by Crippen LogP contribution is -2.58. The van der Waals surface area contributed by atoms with E-state index in [1.54, 1.807) is 16.8 Å². The summed E-state index contributed by atoms with van der Waals surface area (Å²) in [5.41, 5.74) is 0.415. The molecule has 196 valence electrons. The van der Waals surface area contributed by atoms with Crippen molar-refractivity contribution in [1.29, 1.82) is 0 Å². The largest absolute Gasteiger partial charge is 0.390 e. The Balaban J connectivity index is 1.24. The second-order valence-electron chi connectivity index (χ2n) is 13.0. The number of fused-ring (bicyclic) bond motifs is 6. The van der Waals surface area contributed by atoms with E-state index in [0.29, 0.717) is 29.2 Å². The number of ketones is 1. The zero-order valence-electron chi connectivity index (χ0n) is 21.9. The molecule has 4 fully saturated rings. The lowest BCUT2D eigenvalue weighted by atomic mass is 9.43. The standard InChI is InChI=1S/C29H40FN3O3/c1-27(35)13-14-29(17-36-3)18(15-27)7-8-19-20-9-10-22(28(20,2)12-11-21(19)29)25(34)16-33-24-6-4-5-23(30)26(24)31-32-33/h4-6,18-22,35H,7-17H2,1-3H3. The van der Waals surface area contributed by atoms with Gasteiger partial charge in [0.2, 0.25) is 0 Å². The first kappa shape index (κ1) is 24.5. The molecule has 0 saturated heterocycles. The van der Waals surface area contributed by atoms with Gasteiger partial charge in [-0.3, -0.25) is 4.79 Å². The molecule has 8 atom stereocenters. The van der Waals surface area contributed by atoms with Gasteiger partial charge in [-0.2, -0.15) is 0 Å². The van der Waals surface area contributed by atoms with Gasteiger partial charge in [0.1, 0.15) is 12.1 Å². The van der Waals surface area contributed by atoms with Crippen LogP contribution in [-0.4, -0.2) is 45.2 Å². The summed E-state index contributed by atoms with van der Waals surface area (Å²) in [5.74, 6) is 2.13. The maximum atomic E-state index is 14.1. The number of aliphatic hydroxyl groups is 1. The Morgan fingerprint density at radius 1 is 1.14 bits per heavy atom. The van der Waals surface area contributed by atoms with E-state index in [0.717, 1.165) is 58.0 Å². The highest BCUT2D eigenvalue weighted by molar-refractivity contribution is 5.84. The van der Waals surface area contributed by atoms with Gasteiger partial charge in [-0.05, 0) is 111 Å². The molecule has 2 aromatic rings. The molecule has 7 heteroatoms. The fourth-order valence-electron chi connectivity index (χ4n) is 9.64. The zero-order chi connectivity index (χ0) is 25.3. The molecule has 36 heavy (non-hydrogen) atoms. The molecule has 4 aliphatic carbocycles. The number of carbonyl (C=O) groups excluding carboxylic acids is 1. The molecule has 0 amide bonds. The molecule has 1 heterocycles. The van der Waals surface area contributed by atoms with Crippen LogP contribution < -0.4 is 0 Å². The van der Waals surface area contributed by atoms with Crippen molar-refractivity contribution < 1.29 is 19.0 Å². The molecule has 4 saturated carbocycles. The molecule has 6 nitrogen and oxygen atoms in total. The number of hydrogen-bond donors (Lipinski definition) is 1. The predicted octanol–water partition coefficient (Wildman–Crippen LogP) is 5.18. The van der Waals surface area contributed by atoms with E-state index in [2.05, 4.69) is 17.2 Å². The Bertz CT molecular complexity index is 1160. The number of nitrogens with zero attached hydrogens (tertiary/aromatic N) is 3. The van der Waals surface area contributed by atoms with Crippen molar-refractivity contribution in [2.24, 2.45) is 40.4 Å². The van der Waals surface area contributed by atoms with Crippen molar-refractivity contribution >= 4 is 16.8 Å². The summed E-state index contributed by atoms with van der Waals surface area (Å²) in [7, 11) is 1.83. The van der Waals surface area contributed by atoms with Crippen LogP contribution in [0.3, 0.4) is 0 Å². The first-order valence-electron chi connectivity index (χ1n) is 13.9. The molecule has 4 aliphatic rings. The lowest BCUT2D eigenvalue weighted by molar-refractivity contribution is -0.175. The summed E-state index contributed by atoms with van der Waals surface area (Å²) < 4.78 is 21.6. The number of rotatable bonds is 5. The first-order valence-corrected chi connectivity index (χ1v) is 13.9. The molecule has 6 rings (SSSR count).